The average Bonchev–Trinajstić information content (AvgIpc) is 3.56. The van der Waals surface area contributed by atoms with Crippen molar-refractivity contribution in [3.05, 3.63) is 98.7 Å². The van der Waals surface area contributed by atoms with Crippen molar-refractivity contribution in [2.75, 3.05) is 32.1 Å². The van der Waals surface area contributed by atoms with Crippen molar-refractivity contribution in [3.8, 4) is 22.9 Å². The Balaban J connectivity index is 1.12. The molecule has 0 radical (unpaired) electrons. The third-order valence-electron chi connectivity index (χ3n) is 9.71. The molecule has 2 aromatic carbocycles. The summed E-state index contributed by atoms with van der Waals surface area (Å²) >= 11 is 13.5. The first-order valence-corrected chi connectivity index (χ1v) is 18.5. The van der Waals surface area contributed by atoms with E-state index in [1.54, 1.807) is 36.5 Å². The van der Waals surface area contributed by atoms with Gasteiger partial charge in [0.05, 0.1) is 30.2 Å². The molecule has 6 N–H and O–H groups in total. The third kappa shape index (κ3) is 9.35. The smallest absolute Gasteiger partial charge is 0.337 e. The highest BCUT2D eigenvalue weighted by molar-refractivity contribution is 6.37. The molecule has 1 fully saturated rings. The van der Waals surface area contributed by atoms with Crippen LogP contribution in [0.1, 0.15) is 64.4 Å². The van der Waals surface area contributed by atoms with Crippen molar-refractivity contribution in [2.45, 2.75) is 63.0 Å². The first kappa shape index (κ1) is 39.9. The first-order valence-electron chi connectivity index (χ1n) is 17.7. The number of carboxylic acid groups (broad SMARTS) is 2. The summed E-state index contributed by atoms with van der Waals surface area (Å²) in [6.07, 6.45) is 1.88. The largest absolute Gasteiger partial charge is 0.481 e. The quantitative estimate of drug-likeness (QED) is 0.0927. The molecule has 1 saturated heterocycles. The van der Waals surface area contributed by atoms with Crippen LogP contribution < -0.4 is 20.1 Å². The third-order valence-corrected chi connectivity index (χ3v) is 10.4. The Bertz CT molecular complexity index is 2070. The summed E-state index contributed by atoms with van der Waals surface area (Å²) in [5.41, 5.74) is 3.41. The number of nitrogens with zero attached hydrogens (tertiary/aromatic N) is 3. The van der Waals surface area contributed by atoms with E-state index in [2.05, 4.69) is 20.6 Å². The molecule has 290 valence electrons. The number of aliphatic hydroxyl groups excluding tert-OH is 1. The van der Waals surface area contributed by atoms with Crippen molar-refractivity contribution >= 4 is 46.9 Å². The van der Waals surface area contributed by atoms with Crippen molar-refractivity contribution in [3.63, 3.8) is 0 Å². The number of benzene rings is 2. The Morgan fingerprint density at radius 2 is 1.85 bits per heavy atom. The summed E-state index contributed by atoms with van der Waals surface area (Å²) < 4.78 is 11.8. The maximum atomic E-state index is 13.5. The molecule has 2 aliphatic rings. The van der Waals surface area contributed by atoms with Gasteiger partial charge in [0.1, 0.15) is 16.9 Å². The minimum absolute atomic E-state index is 0.0229. The number of carboxylic acids is 2. The number of piperidine rings is 1. The molecule has 0 saturated carbocycles. The predicted molar refractivity (Wildman–Crippen MR) is 204 cm³/mol. The van der Waals surface area contributed by atoms with Crippen LogP contribution in [0.15, 0.2) is 60.8 Å². The van der Waals surface area contributed by atoms with Crippen LogP contribution in [-0.2, 0) is 29.1 Å². The number of β-amino-alcohol motifs (C(OH)–C–C–N with tert-alkyl or cyclic N) is 1. The number of hydrogen-bond donors (Lipinski definition) is 6. The fraction of sp³-hybridized carbons (Fsp3) is 0.359. The van der Waals surface area contributed by atoms with E-state index in [9.17, 15) is 29.7 Å². The number of rotatable bonds is 15. The van der Waals surface area contributed by atoms with Crippen LogP contribution in [0.3, 0.4) is 0 Å². The van der Waals surface area contributed by atoms with Gasteiger partial charge in [0.2, 0.25) is 11.8 Å². The van der Waals surface area contributed by atoms with Crippen LogP contribution in [0, 0.1) is 0 Å². The van der Waals surface area contributed by atoms with E-state index in [1.807, 2.05) is 29.2 Å². The SMILES string of the molecule is COc1nc(O[C@H]2CCc3c(-c4cccc(C(=O)Nc5ccc(CN6CCC[C@](O)(C(=O)O)C6)cn5)c4Cl)cccc32)c(Cl)cc1CNC[C@@H](O)CC(=O)O. The number of ether oxygens (including phenoxy) is 2. The number of aliphatic carboxylic acids is 2. The summed E-state index contributed by atoms with van der Waals surface area (Å²) in [6.45, 7) is 1.37. The van der Waals surface area contributed by atoms with Crippen LogP contribution >= 0.6 is 23.2 Å². The van der Waals surface area contributed by atoms with E-state index in [4.69, 9.17) is 37.8 Å². The molecule has 1 amide bonds. The molecule has 55 heavy (non-hydrogen) atoms. The van der Waals surface area contributed by atoms with E-state index in [-0.39, 0.29) is 65.9 Å². The van der Waals surface area contributed by atoms with Crippen LogP contribution in [-0.4, -0.2) is 91.6 Å². The molecule has 16 heteroatoms. The van der Waals surface area contributed by atoms with Crippen LogP contribution in [0.25, 0.3) is 11.1 Å². The van der Waals surface area contributed by atoms with Crippen molar-refractivity contribution in [1.82, 2.24) is 20.2 Å². The van der Waals surface area contributed by atoms with Gasteiger partial charge >= 0.3 is 11.9 Å². The number of aliphatic hydroxyl groups is 2. The number of fused-ring (bicyclic) bond motifs is 1. The van der Waals surface area contributed by atoms with E-state index in [0.717, 1.165) is 22.3 Å². The summed E-state index contributed by atoms with van der Waals surface area (Å²) in [5, 5.41) is 44.9. The molecule has 1 aliphatic carbocycles. The lowest BCUT2D eigenvalue weighted by atomic mass is 9.93. The van der Waals surface area contributed by atoms with E-state index in [1.165, 1.54) is 7.11 Å². The Kier molecular flexibility index (Phi) is 12.5. The molecule has 1 aliphatic heterocycles. The zero-order valence-electron chi connectivity index (χ0n) is 29.9. The number of anilines is 1. The van der Waals surface area contributed by atoms with Gasteiger partial charge in [0, 0.05) is 43.5 Å². The second kappa shape index (κ2) is 17.3. The molecule has 14 nitrogen and oxygen atoms in total. The maximum absolute atomic E-state index is 13.5. The number of carbonyl (C=O) groups is 3. The molecule has 2 aromatic heterocycles. The minimum atomic E-state index is -1.77. The molecule has 0 spiro atoms. The van der Waals surface area contributed by atoms with Gasteiger partial charge < -0.3 is 40.5 Å². The number of amides is 1. The summed E-state index contributed by atoms with van der Waals surface area (Å²) in [7, 11) is 1.47. The number of likely N-dealkylation sites (tertiary alicyclic amines) is 1. The lowest BCUT2D eigenvalue weighted by Crippen LogP contribution is -2.52. The van der Waals surface area contributed by atoms with Crippen molar-refractivity contribution < 1.29 is 44.3 Å². The monoisotopic (exact) mass is 793 g/mol. The molecule has 0 bridgehead atoms. The van der Waals surface area contributed by atoms with Gasteiger partial charge in [0.15, 0.2) is 5.60 Å². The van der Waals surface area contributed by atoms with E-state index in [0.29, 0.717) is 49.3 Å². The van der Waals surface area contributed by atoms with Gasteiger partial charge in [0.25, 0.3) is 5.91 Å². The topological polar surface area (TPSA) is 204 Å². The maximum Gasteiger partial charge on any atom is 0.337 e. The van der Waals surface area contributed by atoms with Crippen molar-refractivity contribution in [1.29, 1.82) is 0 Å². The van der Waals surface area contributed by atoms with Gasteiger partial charge in [-0.2, -0.15) is 4.98 Å². The fourth-order valence-electron chi connectivity index (χ4n) is 7.03. The highest BCUT2D eigenvalue weighted by atomic mass is 35.5. The molecular formula is C39H41Cl2N5O9. The van der Waals surface area contributed by atoms with Gasteiger partial charge in [-0.1, -0.05) is 59.6 Å². The number of pyridine rings is 2. The fourth-order valence-corrected chi connectivity index (χ4v) is 7.57. The lowest BCUT2D eigenvalue weighted by Gasteiger charge is -2.36. The number of carbonyl (C=O) groups excluding carboxylic acids is 1. The Morgan fingerprint density at radius 3 is 2.58 bits per heavy atom. The molecule has 0 unspecified atom stereocenters. The molecule has 6 rings (SSSR count). The lowest BCUT2D eigenvalue weighted by molar-refractivity contribution is -0.164. The summed E-state index contributed by atoms with van der Waals surface area (Å²) in [6, 6.07) is 16.2. The van der Waals surface area contributed by atoms with Gasteiger partial charge in [-0.25, -0.2) is 9.78 Å². The number of nitrogens with one attached hydrogen (secondary N) is 2. The minimum Gasteiger partial charge on any atom is -0.481 e. The Labute approximate surface area is 327 Å². The van der Waals surface area contributed by atoms with Gasteiger partial charge in [-0.15, -0.1) is 0 Å². The number of hydrogen-bond acceptors (Lipinski definition) is 11. The highest BCUT2D eigenvalue weighted by Crippen LogP contribution is 2.43. The van der Waals surface area contributed by atoms with E-state index >= 15 is 0 Å². The zero-order valence-corrected chi connectivity index (χ0v) is 31.4. The molecule has 4 aromatic rings. The Hall–Kier alpha value is -4.83. The molecular weight excluding hydrogens is 753 g/mol. The molecule has 3 atom stereocenters. The van der Waals surface area contributed by atoms with Crippen LogP contribution in [0.2, 0.25) is 10.0 Å². The van der Waals surface area contributed by atoms with E-state index < -0.39 is 29.6 Å². The summed E-state index contributed by atoms with van der Waals surface area (Å²) in [5.74, 6) is -1.98. The Morgan fingerprint density at radius 1 is 1.07 bits per heavy atom. The summed E-state index contributed by atoms with van der Waals surface area (Å²) in [4.78, 5) is 46.6. The average molecular weight is 795 g/mol. The van der Waals surface area contributed by atoms with Gasteiger partial charge in [-0.05, 0) is 72.7 Å². The number of aromatic nitrogens is 2. The van der Waals surface area contributed by atoms with Crippen molar-refractivity contribution in [2.24, 2.45) is 0 Å². The predicted octanol–water partition coefficient (Wildman–Crippen LogP) is 5.11. The zero-order chi connectivity index (χ0) is 39.3. The highest BCUT2D eigenvalue weighted by Gasteiger charge is 2.40. The van der Waals surface area contributed by atoms with Crippen LogP contribution in [0.4, 0.5) is 5.82 Å². The van der Waals surface area contributed by atoms with Gasteiger partial charge in [-0.3, -0.25) is 14.5 Å². The number of halogens is 2. The second-order valence-corrected chi connectivity index (χ2v) is 14.5. The normalized spacial score (nSPS) is 18.7. The molecule has 3 heterocycles. The first-order chi connectivity index (χ1) is 26.3. The van der Waals surface area contributed by atoms with Crippen LogP contribution in [0.5, 0.6) is 11.8 Å². The number of methoxy groups -OCH3 is 1. The second-order valence-electron chi connectivity index (χ2n) is 13.7. The standard InChI is InChI=1S/C39H41Cl2N5O9/c1-54-36-23(18-42-19-24(47)16-33(48)49)15-30(40)37(45-36)55-31-11-10-26-25(5-2-6-27(26)31)28-7-3-8-29(34(28)41)35(50)44-32-12-9-22(17-43-32)20-46-14-4-13-39(53,21-46)38(51)52/h2-3,5-9,12,15,17,24,31,42,47,53H,4,10-11,13-14,16,18-21H2,1H3,(H,48,49)(H,51,52)(H,43,44,50)/t24-,31-,39+/m0/s1.